The lowest BCUT2D eigenvalue weighted by atomic mass is 10.0. The second-order valence-electron chi connectivity index (χ2n) is 9.22. The van der Waals surface area contributed by atoms with Gasteiger partial charge < -0.3 is 25.2 Å². The van der Waals surface area contributed by atoms with Gasteiger partial charge in [0.15, 0.2) is 0 Å². The second-order valence-corrected chi connectivity index (χ2v) is 9.22. The molecule has 1 aliphatic rings. The normalized spacial score (nSPS) is 18.3. The van der Waals surface area contributed by atoms with Crippen LogP contribution >= 0.6 is 0 Å². The number of ether oxygens (including phenoxy) is 1. The third-order valence-corrected chi connectivity index (χ3v) is 5.56. The molecule has 0 spiro atoms. The van der Waals surface area contributed by atoms with Crippen molar-refractivity contribution in [3.63, 3.8) is 0 Å². The van der Waals surface area contributed by atoms with Gasteiger partial charge in [0.05, 0.1) is 34.6 Å². The third kappa shape index (κ3) is 4.83. The first-order chi connectivity index (χ1) is 15.6. The molecule has 3 N–H and O–H groups in total. The Morgan fingerprint density at radius 1 is 1.39 bits per heavy atom. The molecule has 0 aromatic carbocycles. The highest BCUT2D eigenvalue weighted by molar-refractivity contribution is 5.85. The summed E-state index contributed by atoms with van der Waals surface area (Å²) < 4.78 is 7.35. The highest BCUT2D eigenvalue weighted by Crippen LogP contribution is 2.32. The number of carboxylic acid groups (broad SMARTS) is 1. The molecule has 33 heavy (non-hydrogen) atoms. The fourth-order valence-electron chi connectivity index (χ4n) is 3.99. The number of aliphatic hydroxyl groups is 1. The van der Waals surface area contributed by atoms with Crippen molar-refractivity contribution in [2.75, 3.05) is 24.6 Å². The zero-order valence-corrected chi connectivity index (χ0v) is 18.7. The molecule has 4 rings (SSSR count). The molecule has 172 valence electrons. The Bertz CT molecular complexity index is 1220. The van der Waals surface area contributed by atoms with Gasteiger partial charge in [0.1, 0.15) is 24.2 Å². The number of nitriles is 1. The maximum absolute atomic E-state index is 11.1. The molecule has 10 nitrogen and oxygen atoms in total. The smallest absolute Gasteiger partial charge is 0.405 e. The van der Waals surface area contributed by atoms with Crippen LogP contribution in [0.25, 0.3) is 16.6 Å². The lowest BCUT2D eigenvalue weighted by Crippen LogP contribution is -2.47. The Morgan fingerprint density at radius 2 is 2.18 bits per heavy atom. The van der Waals surface area contributed by atoms with Crippen molar-refractivity contribution >= 4 is 17.4 Å². The Balaban J connectivity index is 1.65. The summed E-state index contributed by atoms with van der Waals surface area (Å²) in [7, 11) is 0. The van der Waals surface area contributed by atoms with Crippen LogP contribution in [-0.4, -0.2) is 61.7 Å². The van der Waals surface area contributed by atoms with Gasteiger partial charge in [-0.3, -0.25) is 0 Å². The standard InChI is InChI=1S/C23H26N6O4/c1-22(2,32)14-33-17-8-18(20-16(9-24)11-26-29(20)12-17)15-4-5-19(25-10-15)28-7-6-23(3,13-28)27-21(30)31/h4-5,8,10-12,27,32H,6-7,13-14H2,1-3H3,(H,30,31)/t23-/m1/s1. The predicted molar refractivity (Wildman–Crippen MR) is 121 cm³/mol. The van der Waals surface area contributed by atoms with Crippen molar-refractivity contribution in [2.45, 2.75) is 38.3 Å². The number of hydrogen-bond acceptors (Lipinski definition) is 7. The number of hydrogen-bond donors (Lipinski definition) is 3. The van der Waals surface area contributed by atoms with Crippen LogP contribution in [0.4, 0.5) is 10.6 Å². The summed E-state index contributed by atoms with van der Waals surface area (Å²) in [6.45, 7) is 6.51. The molecule has 0 aliphatic carbocycles. The zero-order chi connectivity index (χ0) is 23.8. The topological polar surface area (TPSA) is 136 Å². The van der Waals surface area contributed by atoms with E-state index in [2.05, 4.69) is 21.5 Å². The maximum atomic E-state index is 11.1. The number of fused-ring (bicyclic) bond motifs is 1. The van der Waals surface area contributed by atoms with E-state index < -0.39 is 17.2 Å². The number of anilines is 1. The Morgan fingerprint density at radius 3 is 2.82 bits per heavy atom. The number of nitrogens with zero attached hydrogens (tertiary/aromatic N) is 5. The minimum Gasteiger partial charge on any atom is -0.489 e. The fourth-order valence-corrected chi connectivity index (χ4v) is 3.99. The summed E-state index contributed by atoms with van der Waals surface area (Å²) >= 11 is 0. The molecule has 1 amide bonds. The van der Waals surface area contributed by atoms with Crippen LogP contribution in [0.15, 0.2) is 36.8 Å². The van der Waals surface area contributed by atoms with E-state index in [0.717, 1.165) is 16.9 Å². The number of aromatic nitrogens is 3. The third-order valence-electron chi connectivity index (χ3n) is 5.56. The van der Waals surface area contributed by atoms with Gasteiger partial charge in [-0.2, -0.15) is 10.4 Å². The molecule has 3 aromatic rings. The molecule has 4 heterocycles. The van der Waals surface area contributed by atoms with Crippen LogP contribution in [0.5, 0.6) is 5.75 Å². The molecule has 1 atom stereocenters. The number of nitrogens with one attached hydrogen (secondary N) is 1. The monoisotopic (exact) mass is 450 g/mol. The van der Waals surface area contributed by atoms with Gasteiger partial charge in [-0.05, 0) is 45.4 Å². The van der Waals surface area contributed by atoms with Gasteiger partial charge in [0, 0.05) is 30.4 Å². The van der Waals surface area contributed by atoms with Crippen LogP contribution in [0.1, 0.15) is 32.8 Å². The summed E-state index contributed by atoms with van der Waals surface area (Å²) in [5, 5.41) is 35.5. The number of carbonyl (C=O) groups is 1. The summed E-state index contributed by atoms with van der Waals surface area (Å²) in [4.78, 5) is 17.7. The van der Waals surface area contributed by atoms with Gasteiger partial charge in [-0.15, -0.1) is 0 Å². The number of pyridine rings is 2. The van der Waals surface area contributed by atoms with E-state index in [1.54, 1.807) is 30.8 Å². The van der Waals surface area contributed by atoms with Gasteiger partial charge >= 0.3 is 6.09 Å². The van der Waals surface area contributed by atoms with Gasteiger partial charge in [-0.25, -0.2) is 14.3 Å². The summed E-state index contributed by atoms with van der Waals surface area (Å²) in [6.07, 6.45) is 4.55. The van der Waals surface area contributed by atoms with E-state index in [1.165, 1.54) is 6.20 Å². The SMILES string of the molecule is CC(C)(O)COc1cc(-c2ccc(N3CC[C@@](C)(NC(=O)O)C3)nc2)c2c(C#N)cnn2c1. The van der Waals surface area contributed by atoms with Gasteiger partial charge in [-0.1, -0.05) is 0 Å². The molecule has 1 fully saturated rings. The average molecular weight is 450 g/mol. The van der Waals surface area contributed by atoms with Gasteiger partial charge in [0.25, 0.3) is 0 Å². The van der Waals surface area contributed by atoms with Crippen molar-refractivity contribution < 1.29 is 19.7 Å². The molecular formula is C23H26N6O4. The molecule has 0 unspecified atom stereocenters. The van der Waals surface area contributed by atoms with Crippen LogP contribution < -0.4 is 15.0 Å². The first-order valence-electron chi connectivity index (χ1n) is 10.6. The fraction of sp³-hybridized carbons (Fsp3) is 0.391. The average Bonchev–Trinajstić information content (AvgIpc) is 3.34. The van der Waals surface area contributed by atoms with E-state index >= 15 is 0 Å². The molecule has 10 heteroatoms. The molecule has 0 bridgehead atoms. The molecule has 1 saturated heterocycles. The van der Waals surface area contributed by atoms with E-state index in [9.17, 15) is 15.2 Å². The number of rotatable bonds is 6. The van der Waals surface area contributed by atoms with Crippen LogP contribution in [-0.2, 0) is 0 Å². The molecule has 3 aromatic heterocycles. The minimum absolute atomic E-state index is 0.0968. The first-order valence-corrected chi connectivity index (χ1v) is 10.6. The molecular weight excluding hydrogens is 424 g/mol. The van der Waals surface area contributed by atoms with E-state index in [-0.39, 0.29) is 6.61 Å². The molecule has 0 radical (unpaired) electrons. The lowest BCUT2D eigenvalue weighted by molar-refractivity contribution is 0.0283. The Kier molecular flexibility index (Phi) is 5.59. The van der Waals surface area contributed by atoms with E-state index in [1.807, 2.05) is 30.0 Å². The van der Waals surface area contributed by atoms with Crippen LogP contribution in [0.3, 0.4) is 0 Å². The van der Waals surface area contributed by atoms with Crippen molar-refractivity contribution in [2.24, 2.45) is 0 Å². The predicted octanol–water partition coefficient (Wildman–Crippen LogP) is 2.65. The highest BCUT2D eigenvalue weighted by Gasteiger charge is 2.35. The Hall–Kier alpha value is -3.84. The van der Waals surface area contributed by atoms with Gasteiger partial charge in [0.2, 0.25) is 0 Å². The second kappa shape index (κ2) is 8.26. The highest BCUT2D eigenvalue weighted by atomic mass is 16.5. The largest absolute Gasteiger partial charge is 0.489 e. The quantitative estimate of drug-likeness (QED) is 0.521. The van der Waals surface area contributed by atoms with Crippen molar-refractivity contribution in [1.29, 1.82) is 5.26 Å². The molecule has 1 aliphatic heterocycles. The Labute approximate surface area is 191 Å². The first kappa shape index (κ1) is 22.4. The van der Waals surface area contributed by atoms with E-state index in [4.69, 9.17) is 9.84 Å². The number of amides is 1. The van der Waals surface area contributed by atoms with Crippen LogP contribution in [0.2, 0.25) is 0 Å². The maximum Gasteiger partial charge on any atom is 0.405 e. The lowest BCUT2D eigenvalue weighted by Gasteiger charge is -2.25. The van der Waals surface area contributed by atoms with Crippen molar-refractivity contribution in [3.05, 3.63) is 42.4 Å². The summed E-state index contributed by atoms with van der Waals surface area (Å²) in [6, 6.07) is 7.77. The molecule has 0 saturated carbocycles. The minimum atomic E-state index is -1.03. The summed E-state index contributed by atoms with van der Waals surface area (Å²) in [5.41, 5.74) is 1.06. The van der Waals surface area contributed by atoms with Crippen LogP contribution in [0, 0.1) is 11.3 Å². The van der Waals surface area contributed by atoms with Crippen molar-refractivity contribution in [1.82, 2.24) is 19.9 Å². The zero-order valence-electron chi connectivity index (χ0n) is 18.7. The summed E-state index contributed by atoms with van der Waals surface area (Å²) in [5.74, 6) is 1.25. The van der Waals surface area contributed by atoms with Crippen molar-refractivity contribution in [3.8, 4) is 22.9 Å². The van der Waals surface area contributed by atoms with E-state index in [0.29, 0.717) is 36.3 Å².